The van der Waals surface area contributed by atoms with Crippen LogP contribution in [0, 0.1) is 0 Å². The summed E-state index contributed by atoms with van der Waals surface area (Å²) in [6.07, 6.45) is 2.79. The summed E-state index contributed by atoms with van der Waals surface area (Å²) in [5.41, 5.74) is 2.09. The Morgan fingerprint density at radius 2 is 2.05 bits per heavy atom. The van der Waals surface area contributed by atoms with Gasteiger partial charge in [-0.3, -0.25) is 9.69 Å². The predicted octanol–water partition coefficient (Wildman–Crippen LogP) is 2.31. The van der Waals surface area contributed by atoms with E-state index in [1.807, 2.05) is 31.2 Å². The average Bonchev–Trinajstić information content (AvgIpc) is 2.41. The standard InChI is InChI=1S/C16H23NO3/c1-2-20-15-4-3-9-17(12-15)11-14-7-5-13(6-8-14)10-16(18)19/h5-8,15H,2-4,9-12H2,1H3,(H,18,19). The van der Waals surface area contributed by atoms with Crippen molar-refractivity contribution in [1.29, 1.82) is 0 Å². The summed E-state index contributed by atoms with van der Waals surface area (Å²) < 4.78 is 5.71. The topological polar surface area (TPSA) is 49.8 Å². The summed E-state index contributed by atoms with van der Waals surface area (Å²) in [5.74, 6) is -0.784. The molecule has 4 heteroatoms. The van der Waals surface area contributed by atoms with Gasteiger partial charge in [0.05, 0.1) is 12.5 Å². The van der Waals surface area contributed by atoms with Crippen LogP contribution in [-0.2, 0) is 22.5 Å². The van der Waals surface area contributed by atoms with Gasteiger partial charge in [0.15, 0.2) is 0 Å². The molecule has 1 saturated heterocycles. The van der Waals surface area contributed by atoms with Gasteiger partial charge in [-0.25, -0.2) is 0 Å². The van der Waals surface area contributed by atoms with Crippen LogP contribution in [0.3, 0.4) is 0 Å². The second kappa shape index (κ2) is 7.41. The SMILES string of the molecule is CCOC1CCCN(Cc2ccc(CC(=O)O)cc2)C1. The lowest BCUT2D eigenvalue weighted by Crippen LogP contribution is -2.39. The van der Waals surface area contributed by atoms with Crippen molar-refractivity contribution in [3.8, 4) is 0 Å². The molecule has 0 amide bonds. The number of piperidine rings is 1. The summed E-state index contributed by atoms with van der Waals surface area (Å²) in [6.45, 7) is 5.84. The van der Waals surface area contributed by atoms with Crippen molar-refractivity contribution in [3.63, 3.8) is 0 Å². The monoisotopic (exact) mass is 277 g/mol. The minimum atomic E-state index is -0.784. The molecule has 0 spiro atoms. The van der Waals surface area contributed by atoms with Crippen molar-refractivity contribution in [2.45, 2.75) is 38.8 Å². The van der Waals surface area contributed by atoms with Crippen molar-refractivity contribution >= 4 is 5.97 Å². The summed E-state index contributed by atoms with van der Waals surface area (Å²) in [5, 5.41) is 8.75. The van der Waals surface area contributed by atoms with Gasteiger partial charge in [-0.15, -0.1) is 0 Å². The highest BCUT2D eigenvalue weighted by molar-refractivity contribution is 5.70. The molecule has 1 atom stereocenters. The van der Waals surface area contributed by atoms with Crippen LogP contribution in [0.25, 0.3) is 0 Å². The Kier molecular flexibility index (Phi) is 5.56. The Bertz CT molecular complexity index is 428. The largest absolute Gasteiger partial charge is 0.481 e. The lowest BCUT2D eigenvalue weighted by atomic mass is 10.1. The van der Waals surface area contributed by atoms with Gasteiger partial charge < -0.3 is 9.84 Å². The minimum absolute atomic E-state index is 0.0937. The Labute approximate surface area is 120 Å². The number of ether oxygens (including phenoxy) is 1. The van der Waals surface area contributed by atoms with Crippen molar-refractivity contribution in [1.82, 2.24) is 4.90 Å². The van der Waals surface area contributed by atoms with Crippen LogP contribution >= 0.6 is 0 Å². The van der Waals surface area contributed by atoms with Crippen molar-refractivity contribution in [2.75, 3.05) is 19.7 Å². The highest BCUT2D eigenvalue weighted by Crippen LogP contribution is 2.16. The number of carboxylic acid groups (broad SMARTS) is 1. The first-order chi connectivity index (χ1) is 9.67. The van der Waals surface area contributed by atoms with Crippen LogP contribution in [0.15, 0.2) is 24.3 Å². The highest BCUT2D eigenvalue weighted by atomic mass is 16.5. The third-order valence-electron chi connectivity index (χ3n) is 3.65. The van der Waals surface area contributed by atoms with E-state index in [9.17, 15) is 4.79 Å². The van der Waals surface area contributed by atoms with E-state index >= 15 is 0 Å². The summed E-state index contributed by atoms with van der Waals surface area (Å²) >= 11 is 0. The second-order valence-electron chi connectivity index (χ2n) is 5.34. The van der Waals surface area contributed by atoms with Gasteiger partial charge in [0.2, 0.25) is 0 Å². The van der Waals surface area contributed by atoms with Crippen molar-refractivity contribution in [2.24, 2.45) is 0 Å². The smallest absolute Gasteiger partial charge is 0.307 e. The van der Waals surface area contributed by atoms with Crippen LogP contribution in [0.1, 0.15) is 30.9 Å². The number of aliphatic carboxylic acids is 1. The molecule has 1 heterocycles. The quantitative estimate of drug-likeness (QED) is 0.867. The molecule has 1 fully saturated rings. The fraction of sp³-hybridized carbons (Fsp3) is 0.562. The number of hydrogen-bond acceptors (Lipinski definition) is 3. The third-order valence-corrected chi connectivity index (χ3v) is 3.65. The van der Waals surface area contributed by atoms with Crippen molar-refractivity contribution in [3.05, 3.63) is 35.4 Å². The molecule has 0 aliphatic carbocycles. The lowest BCUT2D eigenvalue weighted by Gasteiger charge is -2.32. The maximum atomic E-state index is 10.6. The van der Waals surface area contributed by atoms with Gasteiger partial charge in [-0.1, -0.05) is 24.3 Å². The van der Waals surface area contributed by atoms with Crippen LogP contribution in [0.5, 0.6) is 0 Å². The molecule has 0 radical (unpaired) electrons. The normalized spacial score (nSPS) is 19.9. The van der Waals surface area contributed by atoms with Gasteiger partial charge in [0.1, 0.15) is 0 Å². The molecule has 20 heavy (non-hydrogen) atoms. The Morgan fingerprint density at radius 3 is 2.70 bits per heavy atom. The third kappa shape index (κ3) is 4.62. The number of hydrogen-bond donors (Lipinski definition) is 1. The van der Waals surface area contributed by atoms with Gasteiger partial charge in [-0.2, -0.15) is 0 Å². The zero-order chi connectivity index (χ0) is 14.4. The fourth-order valence-electron chi connectivity index (χ4n) is 2.72. The minimum Gasteiger partial charge on any atom is -0.481 e. The summed E-state index contributed by atoms with van der Waals surface area (Å²) in [4.78, 5) is 13.1. The van der Waals surface area contributed by atoms with E-state index in [1.54, 1.807) is 0 Å². The predicted molar refractivity (Wildman–Crippen MR) is 77.7 cm³/mol. The van der Waals surface area contributed by atoms with Crippen LogP contribution in [-0.4, -0.2) is 41.8 Å². The molecule has 110 valence electrons. The van der Waals surface area contributed by atoms with Crippen molar-refractivity contribution < 1.29 is 14.6 Å². The number of benzene rings is 1. The zero-order valence-electron chi connectivity index (χ0n) is 12.0. The van der Waals surface area contributed by atoms with Gasteiger partial charge >= 0.3 is 5.97 Å². The molecule has 1 aromatic carbocycles. The molecule has 0 aromatic heterocycles. The molecular formula is C16H23NO3. The Hall–Kier alpha value is -1.39. The number of carbonyl (C=O) groups is 1. The molecule has 0 saturated carbocycles. The molecule has 1 N–H and O–H groups in total. The van der Waals surface area contributed by atoms with E-state index < -0.39 is 5.97 Å². The lowest BCUT2D eigenvalue weighted by molar-refractivity contribution is -0.136. The Balaban J connectivity index is 1.87. The highest BCUT2D eigenvalue weighted by Gasteiger charge is 2.19. The van der Waals surface area contributed by atoms with Gasteiger partial charge in [0, 0.05) is 19.7 Å². The van der Waals surface area contributed by atoms with Crippen LogP contribution < -0.4 is 0 Å². The van der Waals surface area contributed by atoms with Gasteiger partial charge in [-0.05, 0) is 37.4 Å². The fourth-order valence-corrected chi connectivity index (χ4v) is 2.72. The first-order valence-electron chi connectivity index (χ1n) is 7.31. The summed E-state index contributed by atoms with van der Waals surface area (Å²) in [6, 6.07) is 7.88. The number of nitrogens with zero attached hydrogens (tertiary/aromatic N) is 1. The van der Waals surface area contributed by atoms with E-state index in [1.165, 1.54) is 12.0 Å². The second-order valence-corrected chi connectivity index (χ2v) is 5.34. The molecule has 1 aromatic rings. The molecule has 4 nitrogen and oxygen atoms in total. The molecular weight excluding hydrogens is 254 g/mol. The maximum Gasteiger partial charge on any atom is 0.307 e. The molecule has 0 bridgehead atoms. The molecule has 1 aliphatic rings. The zero-order valence-corrected chi connectivity index (χ0v) is 12.0. The number of likely N-dealkylation sites (tertiary alicyclic amines) is 1. The van der Waals surface area contributed by atoms with E-state index in [2.05, 4.69) is 4.90 Å². The number of carboxylic acids is 1. The molecule has 1 aliphatic heterocycles. The first kappa shape index (κ1) is 15.0. The van der Waals surface area contributed by atoms with Crippen LogP contribution in [0.2, 0.25) is 0 Å². The van der Waals surface area contributed by atoms with E-state index in [4.69, 9.17) is 9.84 Å². The Morgan fingerprint density at radius 1 is 1.35 bits per heavy atom. The maximum absolute atomic E-state index is 10.6. The van der Waals surface area contributed by atoms with E-state index in [0.29, 0.717) is 6.10 Å². The first-order valence-corrected chi connectivity index (χ1v) is 7.31. The van der Waals surface area contributed by atoms with E-state index in [-0.39, 0.29) is 6.42 Å². The average molecular weight is 277 g/mol. The summed E-state index contributed by atoms with van der Waals surface area (Å²) in [7, 11) is 0. The molecule has 2 rings (SSSR count). The molecule has 1 unspecified atom stereocenters. The number of rotatable bonds is 6. The van der Waals surface area contributed by atoms with Crippen LogP contribution in [0.4, 0.5) is 0 Å². The van der Waals surface area contributed by atoms with E-state index in [0.717, 1.165) is 38.2 Å². The van der Waals surface area contributed by atoms with Gasteiger partial charge in [0.25, 0.3) is 0 Å².